The quantitative estimate of drug-likeness (QED) is 0.766. The third kappa shape index (κ3) is 1.34. The Kier molecular flexibility index (Phi) is 2.15. The van der Waals surface area contributed by atoms with Gasteiger partial charge in [0.1, 0.15) is 5.41 Å². The minimum absolute atomic E-state index is 0.0881. The average molecular weight is 221 g/mol. The summed E-state index contributed by atoms with van der Waals surface area (Å²) in [6.07, 6.45) is 1.74. The lowest BCUT2D eigenvalue weighted by Crippen LogP contribution is -2.44. The van der Waals surface area contributed by atoms with E-state index in [1.54, 1.807) is 6.21 Å². The first-order chi connectivity index (χ1) is 8.34. The first-order valence-corrected chi connectivity index (χ1v) is 5.55. The molecule has 0 aliphatic carbocycles. The van der Waals surface area contributed by atoms with Crippen LogP contribution in [0.25, 0.3) is 0 Å². The molecular formula is C15H11NO. The van der Waals surface area contributed by atoms with E-state index in [0.29, 0.717) is 0 Å². The Bertz CT molecular complexity index is 533. The van der Waals surface area contributed by atoms with E-state index < -0.39 is 5.41 Å². The zero-order valence-corrected chi connectivity index (χ0v) is 9.21. The number of carbonyl (C=O) groups is 1. The molecule has 1 aliphatic heterocycles. The monoisotopic (exact) mass is 221 g/mol. The van der Waals surface area contributed by atoms with Crippen molar-refractivity contribution in [1.29, 1.82) is 0 Å². The fourth-order valence-electron chi connectivity index (χ4n) is 2.21. The third-order valence-electron chi connectivity index (χ3n) is 3.17. The van der Waals surface area contributed by atoms with Crippen LogP contribution in [0.1, 0.15) is 11.1 Å². The molecule has 1 heterocycles. The van der Waals surface area contributed by atoms with E-state index in [-0.39, 0.29) is 5.91 Å². The highest BCUT2D eigenvalue weighted by atomic mass is 16.2. The molecule has 0 radical (unpaired) electrons. The van der Waals surface area contributed by atoms with Gasteiger partial charge in [0.05, 0.1) is 0 Å². The maximum absolute atomic E-state index is 12.0. The van der Waals surface area contributed by atoms with Crippen molar-refractivity contribution < 1.29 is 4.79 Å². The van der Waals surface area contributed by atoms with E-state index in [4.69, 9.17) is 0 Å². The number of nitrogens with zero attached hydrogens (tertiary/aromatic N) is 1. The van der Waals surface area contributed by atoms with Crippen molar-refractivity contribution in [1.82, 2.24) is 0 Å². The van der Waals surface area contributed by atoms with E-state index >= 15 is 0 Å². The summed E-state index contributed by atoms with van der Waals surface area (Å²) in [5.74, 6) is -0.0881. The van der Waals surface area contributed by atoms with Crippen LogP contribution in [-0.4, -0.2) is 12.1 Å². The molecule has 0 spiro atoms. The largest absolute Gasteiger partial charge is 0.271 e. The molecule has 2 heteroatoms. The summed E-state index contributed by atoms with van der Waals surface area (Å²) in [5, 5.41) is 0. The van der Waals surface area contributed by atoms with Gasteiger partial charge in [0.2, 0.25) is 0 Å². The molecule has 1 aliphatic rings. The van der Waals surface area contributed by atoms with Crippen LogP contribution < -0.4 is 0 Å². The topological polar surface area (TPSA) is 29.4 Å². The summed E-state index contributed by atoms with van der Waals surface area (Å²) in [5.41, 5.74) is 1.29. The van der Waals surface area contributed by atoms with Crippen molar-refractivity contribution in [3.63, 3.8) is 0 Å². The first-order valence-electron chi connectivity index (χ1n) is 5.55. The van der Waals surface area contributed by atoms with Crippen molar-refractivity contribution in [2.45, 2.75) is 5.41 Å². The van der Waals surface area contributed by atoms with Gasteiger partial charge in [-0.2, -0.15) is 0 Å². The second-order valence-electron chi connectivity index (χ2n) is 4.10. The number of hydrogen-bond acceptors (Lipinski definition) is 1. The second kappa shape index (κ2) is 3.67. The van der Waals surface area contributed by atoms with Gasteiger partial charge in [-0.05, 0) is 11.1 Å². The third-order valence-corrected chi connectivity index (χ3v) is 3.17. The SMILES string of the molecule is O=C1N=CC1(c1ccccc1)c1ccccc1. The van der Waals surface area contributed by atoms with Crippen LogP contribution in [0.15, 0.2) is 65.7 Å². The summed E-state index contributed by atoms with van der Waals surface area (Å²) < 4.78 is 0. The normalized spacial score (nSPS) is 16.6. The zero-order chi connectivity index (χ0) is 11.7. The van der Waals surface area contributed by atoms with Crippen LogP contribution in [0.4, 0.5) is 0 Å². The van der Waals surface area contributed by atoms with E-state index in [1.165, 1.54) is 0 Å². The van der Waals surface area contributed by atoms with Gasteiger partial charge >= 0.3 is 0 Å². The number of aliphatic imine (C=N–C) groups is 1. The van der Waals surface area contributed by atoms with E-state index in [2.05, 4.69) is 4.99 Å². The molecule has 3 rings (SSSR count). The van der Waals surface area contributed by atoms with E-state index in [1.807, 2.05) is 60.7 Å². The lowest BCUT2D eigenvalue weighted by Gasteiger charge is -2.33. The number of rotatable bonds is 2. The van der Waals surface area contributed by atoms with E-state index in [9.17, 15) is 4.79 Å². The number of benzene rings is 2. The van der Waals surface area contributed by atoms with Gasteiger partial charge in [0.15, 0.2) is 0 Å². The Labute approximate surface area is 99.6 Å². The van der Waals surface area contributed by atoms with Crippen LogP contribution in [-0.2, 0) is 10.2 Å². The van der Waals surface area contributed by atoms with Gasteiger partial charge in [-0.1, -0.05) is 60.7 Å². The average Bonchev–Trinajstić information content (AvgIpc) is 2.40. The van der Waals surface area contributed by atoms with Crippen molar-refractivity contribution >= 4 is 12.1 Å². The van der Waals surface area contributed by atoms with Crippen molar-refractivity contribution in [2.75, 3.05) is 0 Å². The van der Waals surface area contributed by atoms with Crippen molar-refractivity contribution in [3.05, 3.63) is 71.8 Å². The number of amides is 1. The summed E-state index contributed by atoms with van der Waals surface area (Å²) in [4.78, 5) is 15.8. The lowest BCUT2D eigenvalue weighted by molar-refractivity contribution is -0.121. The molecule has 1 amide bonds. The van der Waals surface area contributed by atoms with Crippen LogP contribution >= 0.6 is 0 Å². The Balaban J connectivity index is 2.20. The molecular weight excluding hydrogens is 210 g/mol. The summed E-state index contributed by atoms with van der Waals surface area (Å²) in [6, 6.07) is 19.5. The summed E-state index contributed by atoms with van der Waals surface area (Å²) in [6.45, 7) is 0. The van der Waals surface area contributed by atoms with Crippen molar-refractivity contribution in [3.8, 4) is 0 Å². The Morgan fingerprint density at radius 3 is 1.53 bits per heavy atom. The summed E-state index contributed by atoms with van der Waals surface area (Å²) >= 11 is 0. The maximum Gasteiger partial charge on any atom is 0.265 e. The van der Waals surface area contributed by atoms with Gasteiger partial charge < -0.3 is 0 Å². The molecule has 2 aromatic carbocycles. The van der Waals surface area contributed by atoms with Crippen LogP contribution in [0.5, 0.6) is 0 Å². The molecule has 2 nitrogen and oxygen atoms in total. The zero-order valence-electron chi connectivity index (χ0n) is 9.21. The van der Waals surface area contributed by atoms with Gasteiger partial charge in [-0.25, -0.2) is 4.99 Å². The van der Waals surface area contributed by atoms with Crippen LogP contribution in [0, 0.1) is 0 Å². The first kappa shape index (κ1) is 9.97. The lowest BCUT2D eigenvalue weighted by atomic mass is 9.72. The fourth-order valence-corrected chi connectivity index (χ4v) is 2.21. The van der Waals surface area contributed by atoms with Crippen molar-refractivity contribution in [2.24, 2.45) is 4.99 Å². The highest BCUT2D eigenvalue weighted by Crippen LogP contribution is 2.36. The molecule has 82 valence electrons. The van der Waals surface area contributed by atoms with Gasteiger partial charge in [0, 0.05) is 6.21 Å². The molecule has 2 aromatic rings. The molecule has 0 saturated heterocycles. The van der Waals surface area contributed by atoms with E-state index in [0.717, 1.165) is 11.1 Å². The molecule has 0 bridgehead atoms. The Hall–Kier alpha value is -2.22. The maximum atomic E-state index is 12.0. The Morgan fingerprint density at radius 1 is 0.765 bits per heavy atom. The molecule has 0 saturated carbocycles. The smallest absolute Gasteiger partial charge is 0.265 e. The molecule has 0 fully saturated rings. The molecule has 0 N–H and O–H groups in total. The number of carbonyl (C=O) groups excluding carboxylic acids is 1. The Morgan fingerprint density at radius 2 is 1.24 bits per heavy atom. The van der Waals surface area contributed by atoms with Gasteiger partial charge in [-0.15, -0.1) is 0 Å². The van der Waals surface area contributed by atoms with Crippen LogP contribution in [0.2, 0.25) is 0 Å². The minimum Gasteiger partial charge on any atom is -0.271 e. The van der Waals surface area contributed by atoms with Gasteiger partial charge in [0.25, 0.3) is 5.91 Å². The fraction of sp³-hybridized carbons (Fsp3) is 0.0667. The molecule has 0 unspecified atom stereocenters. The number of hydrogen-bond donors (Lipinski definition) is 0. The minimum atomic E-state index is -0.664. The van der Waals surface area contributed by atoms with Crippen LogP contribution in [0.3, 0.4) is 0 Å². The highest BCUT2D eigenvalue weighted by molar-refractivity contribution is 6.19. The molecule has 0 atom stereocenters. The predicted octanol–water partition coefficient (Wildman–Crippen LogP) is 2.58. The predicted molar refractivity (Wildman–Crippen MR) is 67.2 cm³/mol. The summed E-state index contributed by atoms with van der Waals surface area (Å²) in [7, 11) is 0. The highest BCUT2D eigenvalue weighted by Gasteiger charge is 2.45. The van der Waals surface area contributed by atoms with Gasteiger partial charge in [-0.3, -0.25) is 4.79 Å². The molecule has 0 aromatic heterocycles. The molecule has 17 heavy (non-hydrogen) atoms. The second-order valence-corrected chi connectivity index (χ2v) is 4.10. The standard InChI is InChI=1S/C15H11NO/c17-14-15(11-16-14,12-7-3-1-4-8-12)13-9-5-2-6-10-13/h1-11H.